The van der Waals surface area contributed by atoms with Crippen LogP contribution in [0.2, 0.25) is 0 Å². The van der Waals surface area contributed by atoms with E-state index in [1.54, 1.807) is 5.57 Å². The zero-order chi connectivity index (χ0) is 34.4. The van der Waals surface area contributed by atoms with Gasteiger partial charge in [0.05, 0.1) is 24.4 Å². The van der Waals surface area contributed by atoms with Gasteiger partial charge in [0.15, 0.2) is 0 Å². The predicted octanol–water partition coefficient (Wildman–Crippen LogP) is 10.2. The lowest BCUT2D eigenvalue weighted by molar-refractivity contribution is -0.133. The van der Waals surface area contributed by atoms with Crippen LogP contribution in [-0.2, 0) is 4.74 Å². The van der Waals surface area contributed by atoms with E-state index in [0.717, 1.165) is 43.4 Å². The molecule has 3 heteroatoms. The molecular weight excluding hydrogens is 552 g/mol. The van der Waals surface area contributed by atoms with Gasteiger partial charge in [0, 0.05) is 5.41 Å². The fraction of sp³-hybridized carbons (Fsp3) is 0.857. The molecule has 0 aromatic heterocycles. The number of hydrogen-bond donors (Lipinski definition) is 2. The SMILES string of the molecule is C#C.C#C.CC.CC1CC(O)CC(OC2CCC3C(=CCC4C5CCC(CCCC(O)C(C)(C)C)C5(C)CCC34C)C2(C)C)C1. The molecule has 0 bridgehead atoms. The molecule has 0 saturated heterocycles. The van der Waals surface area contributed by atoms with Gasteiger partial charge in [-0.3, -0.25) is 0 Å². The van der Waals surface area contributed by atoms with Crippen molar-refractivity contribution in [2.45, 2.75) is 177 Å². The van der Waals surface area contributed by atoms with Crippen molar-refractivity contribution in [1.29, 1.82) is 0 Å². The summed E-state index contributed by atoms with van der Waals surface area (Å²) in [6.07, 6.45) is 34.3. The van der Waals surface area contributed by atoms with Crippen LogP contribution in [-0.4, -0.2) is 34.6 Å². The number of hydrogen-bond acceptors (Lipinski definition) is 3. The lowest BCUT2D eigenvalue weighted by Crippen LogP contribution is -2.55. The second kappa shape index (κ2) is 16.2. The molecule has 0 amide bonds. The second-order valence-corrected chi connectivity index (χ2v) is 17.3. The molecule has 258 valence electrons. The van der Waals surface area contributed by atoms with Gasteiger partial charge in [-0.2, -0.15) is 0 Å². The molecule has 0 aromatic carbocycles. The van der Waals surface area contributed by atoms with E-state index in [2.05, 4.69) is 87.2 Å². The van der Waals surface area contributed by atoms with Crippen molar-refractivity contribution in [3.8, 4) is 25.7 Å². The highest BCUT2D eigenvalue weighted by Gasteiger charge is 2.61. The zero-order valence-electron chi connectivity index (χ0n) is 31.1. The lowest BCUT2D eigenvalue weighted by Gasteiger charge is -2.62. The average molecular weight is 625 g/mol. The van der Waals surface area contributed by atoms with Crippen molar-refractivity contribution in [2.24, 2.45) is 51.2 Å². The van der Waals surface area contributed by atoms with E-state index >= 15 is 0 Å². The molecule has 2 N–H and O–H groups in total. The summed E-state index contributed by atoms with van der Waals surface area (Å²) >= 11 is 0. The monoisotopic (exact) mass is 625 g/mol. The third-order valence-electron chi connectivity index (χ3n) is 13.4. The van der Waals surface area contributed by atoms with Crippen molar-refractivity contribution >= 4 is 0 Å². The first kappa shape index (κ1) is 39.9. The Bertz CT molecular complexity index is 967. The average Bonchev–Trinajstić information content (AvgIpc) is 3.32. The third kappa shape index (κ3) is 8.25. The maximum atomic E-state index is 10.6. The van der Waals surface area contributed by atoms with E-state index in [1.807, 2.05) is 13.8 Å². The van der Waals surface area contributed by atoms with Crippen molar-refractivity contribution in [3.63, 3.8) is 0 Å². The number of ether oxygens (including phenoxy) is 1. The second-order valence-electron chi connectivity index (χ2n) is 17.3. The fourth-order valence-electron chi connectivity index (χ4n) is 10.8. The van der Waals surface area contributed by atoms with Crippen LogP contribution < -0.4 is 0 Å². The molecule has 11 unspecified atom stereocenters. The van der Waals surface area contributed by atoms with Crippen LogP contribution in [0.25, 0.3) is 0 Å². The van der Waals surface area contributed by atoms with Gasteiger partial charge in [-0.25, -0.2) is 0 Å². The summed E-state index contributed by atoms with van der Waals surface area (Å²) in [4.78, 5) is 0. The predicted molar refractivity (Wildman–Crippen MR) is 192 cm³/mol. The standard InChI is InChI=1S/C36H62O3.C2H6.2C2H2/c1-23-20-25(37)22-26(21-23)39-32-17-16-28-27(34(32,5)6)14-15-30-29-13-12-24(10-9-11-31(38)33(2,3)4)35(29,7)18-19-36(28,30)8;3*1-2/h14,23-26,28-32,37-38H,9-13,15-22H2,1-8H3;1-2H3;2*1-2H. The number of terminal acetylenes is 2. The molecule has 5 aliphatic carbocycles. The van der Waals surface area contributed by atoms with Crippen molar-refractivity contribution in [3.05, 3.63) is 11.6 Å². The van der Waals surface area contributed by atoms with Crippen LogP contribution in [0.5, 0.6) is 0 Å². The molecule has 45 heavy (non-hydrogen) atoms. The highest BCUT2D eigenvalue weighted by molar-refractivity contribution is 5.29. The topological polar surface area (TPSA) is 49.7 Å². The molecule has 11 atom stereocenters. The molecular formula is C42H72O3. The number of allylic oxidation sites excluding steroid dienone is 1. The smallest absolute Gasteiger partial charge is 0.0667 e. The largest absolute Gasteiger partial charge is 0.393 e. The number of aliphatic hydroxyl groups is 2. The molecule has 4 saturated carbocycles. The van der Waals surface area contributed by atoms with Crippen molar-refractivity contribution in [1.82, 2.24) is 0 Å². The Hall–Kier alpha value is -1.26. The molecule has 0 aliphatic heterocycles. The van der Waals surface area contributed by atoms with E-state index in [0.29, 0.717) is 22.7 Å². The van der Waals surface area contributed by atoms with Gasteiger partial charge in [0.1, 0.15) is 0 Å². The Kier molecular flexibility index (Phi) is 14.4. The zero-order valence-corrected chi connectivity index (χ0v) is 31.1. The van der Waals surface area contributed by atoms with E-state index in [9.17, 15) is 10.2 Å². The van der Waals surface area contributed by atoms with Gasteiger partial charge < -0.3 is 14.9 Å². The number of aliphatic hydroxyl groups excluding tert-OH is 2. The van der Waals surface area contributed by atoms with Crippen LogP contribution in [0.1, 0.15) is 153 Å². The Morgan fingerprint density at radius 3 is 2.11 bits per heavy atom. The summed E-state index contributed by atoms with van der Waals surface area (Å²) < 4.78 is 6.86. The van der Waals surface area contributed by atoms with Gasteiger partial charge in [0.25, 0.3) is 0 Å². The summed E-state index contributed by atoms with van der Waals surface area (Å²) in [5.74, 6) is 3.76. The van der Waals surface area contributed by atoms with Gasteiger partial charge in [0.2, 0.25) is 0 Å². The number of fused-ring (bicyclic) bond motifs is 5. The fourth-order valence-corrected chi connectivity index (χ4v) is 10.8. The van der Waals surface area contributed by atoms with Crippen LogP contribution in [0.3, 0.4) is 0 Å². The minimum atomic E-state index is -0.192. The van der Waals surface area contributed by atoms with Crippen molar-refractivity contribution in [2.75, 3.05) is 0 Å². The van der Waals surface area contributed by atoms with Gasteiger partial charge in [-0.05, 0) is 123 Å². The first-order chi connectivity index (χ1) is 21.2. The molecule has 4 fully saturated rings. The molecule has 0 aromatic rings. The lowest BCUT2D eigenvalue weighted by atomic mass is 9.43. The van der Waals surface area contributed by atoms with Crippen LogP contribution in [0.15, 0.2) is 11.6 Å². The molecule has 5 rings (SSSR count). The normalized spacial score (nSPS) is 40.6. The van der Waals surface area contributed by atoms with E-state index < -0.39 is 0 Å². The molecule has 0 heterocycles. The summed E-state index contributed by atoms with van der Waals surface area (Å²) in [6, 6.07) is 0. The molecule has 0 spiro atoms. The Labute approximate surface area is 280 Å². The van der Waals surface area contributed by atoms with Crippen LogP contribution in [0.4, 0.5) is 0 Å². The van der Waals surface area contributed by atoms with E-state index in [1.165, 1.54) is 57.8 Å². The van der Waals surface area contributed by atoms with Gasteiger partial charge in [-0.15, -0.1) is 25.7 Å². The summed E-state index contributed by atoms with van der Waals surface area (Å²) in [5.41, 5.74) is 2.68. The Balaban J connectivity index is 0.00000111. The summed E-state index contributed by atoms with van der Waals surface area (Å²) in [6.45, 7) is 23.0. The highest BCUT2D eigenvalue weighted by atomic mass is 16.5. The third-order valence-corrected chi connectivity index (χ3v) is 13.4. The Morgan fingerprint density at radius 2 is 1.51 bits per heavy atom. The van der Waals surface area contributed by atoms with Crippen LogP contribution in [0, 0.1) is 76.9 Å². The van der Waals surface area contributed by atoms with E-state index in [-0.39, 0.29) is 35.2 Å². The maximum Gasteiger partial charge on any atom is 0.0667 e. The Morgan fingerprint density at radius 1 is 0.889 bits per heavy atom. The first-order valence-corrected chi connectivity index (χ1v) is 18.5. The molecule has 5 aliphatic rings. The molecule has 3 nitrogen and oxygen atoms in total. The minimum Gasteiger partial charge on any atom is -0.393 e. The van der Waals surface area contributed by atoms with Crippen LogP contribution >= 0.6 is 0 Å². The maximum absolute atomic E-state index is 10.6. The summed E-state index contributed by atoms with van der Waals surface area (Å²) in [5, 5.41) is 21.0. The van der Waals surface area contributed by atoms with Crippen molar-refractivity contribution < 1.29 is 14.9 Å². The van der Waals surface area contributed by atoms with Gasteiger partial charge >= 0.3 is 0 Å². The molecule has 0 radical (unpaired) electrons. The quantitative estimate of drug-likeness (QED) is 0.228. The van der Waals surface area contributed by atoms with E-state index in [4.69, 9.17) is 4.74 Å². The number of rotatable bonds is 6. The highest BCUT2D eigenvalue weighted by Crippen LogP contribution is 2.69. The first-order valence-electron chi connectivity index (χ1n) is 18.5. The minimum absolute atomic E-state index is 0.00515. The summed E-state index contributed by atoms with van der Waals surface area (Å²) in [7, 11) is 0. The van der Waals surface area contributed by atoms with Gasteiger partial charge in [-0.1, -0.05) is 87.3 Å².